The fourth-order valence-corrected chi connectivity index (χ4v) is 5.94. The maximum atomic E-state index is 12.7. The van der Waals surface area contributed by atoms with Crippen molar-refractivity contribution in [3.05, 3.63) is 89.0 Å². The summed E-state index contributed by atoms with van der Waals surface area (Å²) in [5.41, 5.74) is 5.62. The molecular formula is C35H50N4O4Si. The van der Waals surface area contributed by atoms with E-state index in [9.17, 15) is 14.7 Å². The Bertz CT molecular complexity index is 1390. The van der Waals surface area contributed by atoms with Crippen molar-refractivity contribution in [2.45, 2.75) is 83.9 Å². The summed E-state index contributed by atoms with van der Waals surface area (Å²) in [6.45, 7) is 13.7. The first-order chi connectivity index (χ1) is 20.7. The summed E-state index contributed by atoms with van der Waals surface area (Å²) < 4.78 is 6.82. The van der Waals surface area contributed by atoms with Gasteiger partial charge in [-0.05, 0) is 78.0 Å². The van der Waals surface area contributed by atoms with Crippen LogP contribution in [0, 0.1) is 0 Å². The van der Waals surface area contributed by atoms with E-state index >= 15 is 0 Å². The standard InChI is InChI=1S/C35H50N4O4Si/c1-25(38-34(43-44(7,8)35(2,3)4)22-29-14-17-32(41)31(20-29)37-24-40)18-27-10-9-11-28(19-27)21-33(42)36-23-26-12-15-30(16-13-26)39(5)6/h9-17,19-20,24-25,34,38,41H,18,21-23H2,1-8H3,(H,36,42)(H,37,40)/t25-,34?/m1/s1. The fraction of sp³-hybridized carbons (Fsp3) is 0.429. The van der Waals surface area contributed by atoms with Crippen LogP contribution in [0.25, 0.3) is 0 Å². The molecule has 44 heavy (non-hydrogen) atoms. The highest BCUT2D eigenvalue weighted by Gasteiger charge is 2.39. The van der Waals surface area contributed by atoms with Gasteiger partial charge in [-0.3, -0.25) is 14.9 Å². The lowest BCUT2D eigenvalue weighted by molar-refractivity contribution is -0.120. The summed E-state index contributed by atoms with van der Waals surface area (Å²) in [6.07, 6.45) is 1.95. The predicted octanol–water partition coefficient (Wildman–Crippen LogP) is 6.00. The minimum absolute atomic E-state index is 0.00909. The molecule has 4 N–H and O–H groups in total. The number of hydrogen-bond acceptors (Lipinski definition) is 6. The number of anilines is 2. The van der Waals surface area contributed by atoms with Gasteiger partial charge in [0.15, 0.2) is 8.32 Å². The lowest BCUT2D eigenvalue weighted by Gasteiger charge is -2.40. The highest BCUT2D eigenvalue weighted by molar-refractivity contribution is 6.74. The number of rotatable bonds is 15. The Morgan fingerprint density at radius 1 is 0.955 bits per heavy atom. The summed E-state index contributed by atoms with van der Waals surface area (Å²) in [5.74, 6) is 0.0152. The van der Waals surface area contributed by atoms with E-state index < -0.39 is 8.32 Å². The molecular weight excluding hydrogens is 568 g/mol. The molecule has 8 nitrogen and oxygen atoms in total. The SMILES string of the molecule is C[C@H](Cc1cccc(CC(=O)NCc2ccc(N(C)C)cc2)c1)NC(Cc1ccc(O)c(NC=O)c1)O[Si](C)(C)C(C)(C)C. The summed E-state index contributed by atoms with van der Waals surface area (Å²) in [5, 5.41) is 19.4. The Morgan fingerprint density at radius 3 is 2.23 bits per heavy atom. The molecule has 0 spiro atoms. The topological polar surface area (TPSA) is 103 Å². The average molecular weight is 619 g/mol. The first kappa shape index (κ1) is 34.8. The second kappa shape index (κ2) is 15.4. The van der Waals surface area contributed by atoms with Crippen LogP contribution >= 0.6 is 0 Å². The van der Waals surface area contributed by atoms with Gasteiger partial charge in [0.25, 0.3) is 0 Å². The first-order valence-corrected chi connectivity index (χ1v) is 18.1. The number of amides is 2. The highest BCUT2D eigenvalue weighted by atomic mass is 28.4. The Balaban J connectivity index is 1.64. The second-order valence-corrected chi connectivity index (χ2v) is 18.0. The van der Waals surface area contributed by atoms with Crippen molar-refractivity contribution in [3.63, 3.8) is 0 Å². The fourth-order valence-electron chi connectivity index (χ4n) is 4.73. The molecule has 0 saturated carbocycles. The molecule has 0 heterocycles. The first-order valence-electron chi connectivity index (χ1n) is 15.2. The molecule has 0 aliphatic rings. The quantitative estimate of drug-likeness (QED) is 0.0722. The molecule has 0 bridgehead atoms. The summed E-state index contributed by atoms with van der Waals surface area (Å²) in [7, 11) is 1.89. The van der Waals surface area contributed by atoms with Gasteiger partial charge in [0, 0.05) is 38.8 Å². The van der Waals surface area contributed by atoms with Gasteiger partial charge in [-0.15, -0.1) is 0 Å². The minimum atomic E-state index is -2.12. The molecule has 0 fully saturated rings. The normalized spacial score (nSPS) is 13.2. The monoisotopic (exact) mass is 618 g/mol. The van der Waals surface area contributed by atoms with Crippen LogP contribution < -0.4 is 20.9 Å². The number of hydrogen-bond donors (Lipinski definition) is 4. The number of phenols is 1. The molecule has 0 aliphatic carbocycles. The van der Waals surface area contributed by atoms with E-state index in [2.05, 4.69) is 81.0 Å². The number of aromatic hydroxyl groups is 1. The van der Waals surface area contributed by atoms with Gasteiger partial charge < -0.3 is 25.1 Å². The van der Waals surface area contributed by atoms with Crippen LogP contribution in [0.15, 0.2) is 66.7 Å². The van der Waals surface area contributed by atoms with Crippen molar-refractivity contribution < 1.29 is 19.1 Å². The Labute approximate surface area is 264 Å². The summed E-state index contributed by atoms with van der Waals surface area (Å²) in [6, 6.07) is 21.7. The zero-order valence-corrected chi connectivity index (χ0v) is 28.5. The maximum absolute atomic E-state index is 12.7. The van der Waals surface area contributed by atoms with E-state index in [0.717, 1.165) is 34.4 Å². The van der Waals surface area contributed by atoms with E-state index in [4.69, 9.17) is 4.43 Å². The van der Waals surface area contributed by atoms with Crippen LogP contribution in [-0.4, -0.2) is 52.1 Å². The van der Waals surface area contributed by atoms with Crippen LogP contribution in [0.2, 0.25) is 18.1 Å². The summed E-state index contributed by atoms with van der Waals surface area (Å²) >= 11 is 0. The van der Waals surface area contributed by atoms with Gasteiger partial charge in [-0.2, -0.15) is 0 Å². The third-order valence-electron chi connectivity index (χ3n) is 8.25. The molecule has 9 heteroatoms. The van der Waals surface area contributed by atoms with Gasteiger partial charge in [0.1, 0.15) is 12.0 Å². The molecule has 3 rings (SSSR count). The number of benzene rings is 3. The minimum Gasteiger partial charge on any atom is -0.506 e. The number of carbonyl (C=O) groups excluding carboxylic acids is 2. The van der Waals surface area contributed by atoms with E-state index in [1.165, 1.54) is 0 Å². The molecule has 0 aliphatic heterocycles. The average Bonchev–Trinajstić information content (AvgIpc) is 2.93. The van der Waals surface area contributed by atoms with Crippen LogP contribution in [0.5, 0.6) is 5.75 Å². The van der Waals surface area contributed by atoms with E-state index in [0.29, 0.717) is 31.5 Å². The number of phenolic OH excluding ortho intramolecular Hbond substituents is 1. The molecule has 2 amide bonds. The van der Waals surface area contributed by atoms with Crippen molar-refractivity contribution in [1.82, 2.24) is 10.6 Å². The van der Waals surface area contributed by atoms with Gasteiger partial charge in [-0.25, -0.2) is 0 Å². The van der Waals surface area contributed by atoms with Crippen molar-refractivity contribution >= 4 is 32.0 Å². The lowest BCUT2D eigenvalue weighted by atomic mass is 10.0. The third-order valence-corrected chi connectivity index (χ3v) is 12.7. The van der Waals surface area contributed by atoms with Crippen LogP contribution in [0.4, 0.5) is 11.4 Å². The number of nitrogens with one attached hydrogen (secondary N) is 3. The largest absolute Gasteiger partial charge is 0.506 e. The Kier molecular flexibility index (Phi) is 12.2. The van der Waals surface area contributed by atoms with E-state index in [1.54, 1.807) is 12.1 Å². The molecule has 3 aromatic rings. The number of nitrogens with zero attached hydrogens (tertiary/aromatic N) is 1. The smallest absolute Gasteiger partial charge is 0.224 e. The van der Waals surface area contributed by atoms with Gasteiger partial charge in [-0.1, -0.05) is 63.2 Å². The van der Waals surface area contributed by atoms with Gasteiger partial charge in [0.2, 0.25) is 12.3 Å². The second-order valence-electron chi connectivity index (χ2n) is 13.3. The van der Waals surface area contributed by atoms with Crippen molar-refractivity contribution in [3.8, 4) is 5.75 Å². The van der Waals surface area contributed by atoms with Gasteiger partial charge in [0.05, 0.1) is 12.1 Å². The molecule has 1 unspecified atom stereocenters. The zero-order valence-electron chi connectivity index (χ0n) is 27.5. The molecule has 0 radical (unpaired) electrons. The Hall–Kier alpha value is -3.66. The predicted molar refractivity (Wildman–Crippen MR) is 183 cm³/mol. The zero-order chi connectivity index (χ0) is 32.5. The van der Waals surface area contributed by atoms with Crippen molar-refractivity contribution in [2.24, 2.45) is 0 Å². The lowest BCUT2D eigenvalue weighted by Crippen LogP contribution is -2.51. The maximum Gasteiger partial charge on any atom is 0.224 e. The van der Waals surface area contributed by atoms with Gasteiger partial charge >= 0.3 is 0 Å². The van der Waals surface area contributed by atoms with Crippen LogP contribution in [0.1, 0.15) is 49.9 Å². The highest BCUT2D eigenvalue weighted by Crippen LogP contribution is 2.37. The van der Waals surface area contributed by atoms with E-state index in [1.807, 2.05) is 49.3 Å². The molecule has 3 aromatic carbocycles. The molecule has 238 valence electrons. The van der Waals surface area contributed by atoms with Crippen LogP contribution in [0.3, 0.4) is 0 Å². The third kappa shape index (κ3) is 10.5. The molecule has 0 saturated heterocycles. The Morgan fingerprint density at radius 2 is 1.59 bits per heavy atom. The molecule has 0 aromatic heterocycles. The van der Waals surface area contributed by atoms with Crippen molar-refractivity contribution in [1.29, 1.82) is 0 Å². The number of carbonyl (C=O) groups is 2. The molecule has 2 atom stereocenters. The summed E-state index contributed by atoms with van der Waals surface area (Å²) in [4.78, 5) is 25.8. The van der Waals surface area contributed by atoms with E-state index in [-0.39, 0.29) is 29.0 Å². The van der Waals surface area contributed by atoms with Crippen LogP contribution in [-0.2, 0) is 39.8 Å². The van der Waals surface area contributed by atoms with Crippen molar-refractivity contribution in [2.75, 3.05) is 24.3 Å².